The number of fused-ring (bicyclic) bond motifs is 1. The van der Waals surface area contributed by atoms with Crippen molar-refractivity contribution in [2.45, 2.75) is 32.9 Å². The van der Waals surface area contributed by atoms with Gasteiger partial charge in [0.2, 0.25) is 5.96 Å². The number of benzene rings is 1. The number of hydrogen-bond donors (Lipinski definition) is 4. The van der Waals surface area contributed by atoms with Crippen LogP contribution in [0, 0.1) is 0 Å². The minimum Gasteiger partial charge on any atom is -0.444 e. The van der Waals surface area contributed by atoms with Crippen LogP contribution in [0.3, 0.4) is 0 Å². The van der Waals surface area contributed by atoms with Crippen molar-refractivity contribution in [3.8, 4) is 0 Å². The Labute approximate surface area is 146 Å². The highest BCUT2D eigenvalue weighted by atomic mass is 16.6. The fraction of sp³-hybridized carbons (Fsp3) is 0.438. The van der Waals surface area contributed by atoms with E-state index >= 15 is 0 Å². The molecule has 1 aliphatic heterocycles. The van der Waals surface area contributed by atoms with Gasteiger partial charge in [0, 0.05) is 18.8 Å². The monoisotopic (exact) mass is 347 g/mol. The Balaban J connectivity index is 2.18. The lowest BCUT2D eigenvalue weighted by molar-refractivity contribution is 0.0245. The molecule has 0 fully saturated rings. The standard InChI is InChI=1S/C16H25N7O2/c1-16(2,3)25-15(24)23-7-6-20-12-8-11(5-4-10(12)9-23)21-14(19)22-13(17)18/h4-5,8,20H,6-7,9H2,1-3H3,(H6,17,18,19,21,22). The average molecular weight is 347 g/mol. The van der Waals surface area contributed by atoms with Crippen LogP contribution in [0.5, 0.6) is 0 Å². The first-order chi connectivity index (χ1) is 11.6. The maximum absolute atomic E-state index is 12.3. The first kappa shape index (κ1) is 18.4. The molecule has 0 aromatic heterocycles. The van der Waals surface area contributed by atoms with Gasteiger partial charge in [-0.1, -0.05) is 6.07 Å². The number of amides is 1. The van der Waals surface area contributed by atoms with E-state index in [0.717, 1.165) is 11.3 Å². The van der Waals surface area contributed by atoms with E-state index in [1.165, 1.54) is 0 Å². The molecule has 0 saturated carbocycles. The molecule has 1 amide bonds. The van der Waals surface area contributed by atoms with Crippen LogP contribution in [-0.2, 0) is 11.3 Å². The fourth-order valence-electron chi connectivity index (χ4n) is 2.32. The molecule has 9 heteroatoms. The van der Waals surface area contributed by atoms with E-state index in [9.17, 15) is 4.79 Å². The van der Waals surface area contributed by atoms with Crippen LogP contribution >= 0.6 is 0 Å². The van der Waals surface area contributed by atoms with Crippen LogP contribution in [0.4, 0.5) is 16.2 Å². The predicted molar refractivity (Wildman–Crippen MR) is 98.7 cm³/mol. The first-order valence-electron chi connectivity index (χ1n) is 7.92. The largest absolute Gasteiger partial charge is 0.444 e. The predicted octanol–water partition coefficient (Wildman–Crippen LogP) is 1.07. The molecule has 0 unspecified atom stereocenters. The normalized spacial score (nSPS) is 14.8. The van der Waals surface area contributed by atoms with Gasteiger partial charge in [0.1, 0.15) is 5.60 Å². The van der Waals surface area contributed by atoms with Gasteiger partial charge in [0.15, 0.2) is 5.96 Å². The van der Waals surface area contributed by atoms with E-state index in [0.29, 0.717) is 25.3 Å². The Hall–Kier alpha value is -2.97. The minimum absolute atomic E-state index is 0.0241. The molecule has 9 nitrogen and oxygen atoms in total. The molecule has 1 aliphatic rings. The lowest BCUT2D eigenvalue weighted by Crippen LogP contribution is -2.37. The summed E-state index contributed by atoms with van der Waals surface area (Å²) in [6, 6.07) is 5.50. The maximum Gasteiger partial charge on any atom is 0.410 e. The number of ether oxygens (including phenoxy) is 1. The molecule has 136 valence electrons. The van der Waals surface area contributed by atoms with E-state index in [2.05, 4.69) is 15.3 Å². The Morgan fingerprint density at radius 3 is 2.64 bits per heavy atom. The lowest BCUT2D eigenvalue weighted by atomic mass is 10.1. The number of hydrogen-bond acceptors (Lipinski definition) is 4. The number of nitrogens with two attached hydrogens (primary N) is 3. The number of nitrogens with zero attached hydrogens (tertiary/aromatic N) is 3. The van der Waals surface area contributed by atoms with Gasteiger partial charge in [-0.25, -0.2) is 9.79 Å². The van der Waals surface area contributed by atoms with Crippen molar-refractivity contribution in [1.82, 2.24) is 4.90 Å². The number of guanidine groups is 2. The molecule has 1 aromatic rings. The van der Waals surface area contributed by atoms with Crippen molar-refractivity contribution < 1.29 is 9.53 Å². The average Bonchev–Trinajstić information content (AvgIpc) is 2.66. The summed E-state index contributed by atoms with van der Waals surface area (Å²) in [5.41, 5.74) is 18.1. The van der Waals surface area contributed by atoms with E-state index in [-0.39, 0.29) is 18.0 Å². The first-order valence-corrected chi connectivity index (χ1v) is 7.92. The molecule has 2 rings (SSSR count). The number of rotatable bonds is 1. The third-order valence-corrected chi connectivity index (χ3v) is 3.29. The summed E-state index contributed by atoms with van der Waals surface area (Å²) in [6.07, 6.45) is -0.332. The van der Waals surface area contributed by atoms with E-state index in [1.54, 1.807) is 11.0 Å². The van der Waals surface area contributed by atoms with Crippen molar-refractivity contribution in [3.63, 3.8) is 0 Å². The van der Waals surface area contributed by atoms with Gasteiger partial charge in [-0.2, -0.15) is 4.99 Å². The van der Waals surface area contributed by atoms with Crippen LogP contribution in [-0.4, -0.2) is 41.6 Å². The summed E-state index contributed by atoms with van der Waals surface area (Å²) in [7, 11) is 0. The summed E-state index contributed by atoms with van der Waals surface area (Å²) in [4.78, 5) is 21.8. The molecule has 1 heterocycles. The van der Waals surface area contributed by atoms with Crippen molar-refractivity contribution in [2.75, 3.05) is 18.4 Å². The third-order valence-electron chi connectivity index (χ3n) is 3.29. The molecule has 0 radical (unpaired) electrons. The zero-order valence-electron chi connectivity index (χ0n) is 14.7. The van der Waals surface area contributed by atoms with Gasteiger partial charge in [-0.15, -0.1) is 0 Å². The summed E-state index contributed by atoms with van der Waals surface area (Å²) in [5.74, 6) is -0.175. The number of carbonyl (C=O) groups excluding carboxylic acids is 1. The molecular formula is C16H25N7O2. The second kappa shape index (κ2) is 7.29. The second-order valence-corrected chi connectivity index (χ2v) is 6.68. The third kappa shape index (κ3) is 5.55. The molecule has 0 spiro atoms. The summed E-state index contributed by atoms with van der Waals surface area (Å²) < 4.78 is 5.44. The summed E-state index contributed by atoms with van der Waals surface area (Å²) in [5, 5.41) is 3.28. The SMILES string of the molecule is CC(C)(C)OC(=O)N1CCNc2cc(N=C(N)N=C(N)N)ccc2C1. The van der Waals surface area contributed by atoms with Crippen LogP contribution < -0.4 is 22.5 Å². The van der Waals surface area contributed by atoms with Crippen LogP contribution in [0.15, 0.2) is 28.2 Å². The number of nitrogens with one attached hydrogen (secondary N) is 1. The number of anilines is 1. The maximum atomic E-state index is 12.3. The Morgan fingerprint density at radius 2 is 2.00 bits per heavy atom. The zero-order chi connectivity index (χ0) is 18.6. The Bertz CT molecular complexity index is 703. The van der Waals surface area contributed by atoms with E-state index < -0.39 is 5.60 Å². The van der Waals surface area contributed by atoms with Gasteiger partial charge in [0.05, 0.1) is 12.2 Å². The lowest BCUT2D eigenvalue weighted by Gasteiger charge is -2.26. The van der Waals surface area contributed by atoms with Gasteiger partial charge in [-0.3, -0.25) is 0 Å². The number of carbonyl (C=O) groups is 1. The smallest absolute Gasteiger partial charge is 0.410 e. The van der Waals surface area contributed by atoms with Crippen molar-refractivity contribution >= 4 is 29.4 Å². The topological polar surface area (TPSA) is 144 Å². The van der Waals surface area contributed by atoms with Gasteiger partial charge in [-0.05, 0) is 38.5 Å². The molecule has 7 N–H and O–H groups in total. The highest BCUT2D eigenvalue weighted by molar-refractivity contribution is 5.93. The quantitative estimate of drug-likeness (QED) is 0.442. The second-order valence-electron chi connectivity index (χ2n) is 6.68. The molecule has 0 bridgehead atoms. The summed E-state index contributed by atoms with van der Waals surface area (Å²) >= 11 is 0. The van der Waals surface area contributed by atoms with Gasteiger partial charge >= 0.3 is 6.09 Å². The Morgan fingerprint density at radius 1 is 1.28 bits per heavy atom. The Kier molecular flexibility index (Phi) is 5.35. The highest BCUT2D eigenvalue weighted by Gasteiger charge is 2.24. The van der Waals surface area contributed by atoms with Crippen molar-refractivity contribution in [3.05, 3.63) is 23.8 Å². The summed E-state index contributed by atoms with van der Waals surface area (Å²) in [6.45, 7) is 7.13. The van der Waals surface area contributed by atoms with Gasteiger partial charge < -0.3 is 32.2 Å². The minimum atomic E-state index is -0.527. The fourth-order valence-corrected chi connectivity index (χ4v) is 2.32. The van der Waals surface area contributed by atoms with Crippen molar-refractivity contribution in [2.24, 2.45) is 27.2 Å². The van der Waals surface area contributed by atoms with Crippen molar-refractivity contribution in [1.29, 1.82) is 0 Å². The molecule has 0 atom stereocenters. The van der Waals surface area contributed by atoms with E-state index in [1.807, 2.05) is 32.9 Å². The van der Waals surface area contributed by atoms with Crippen LogP contribution in [0.2, 0.25) is 0 Å². The molecular weight excluding hydrogens is 322 g/mol. The van der Waals surface area contributed by atoms with Crippen LogP contribution in [0.25, 0.3) is 0 Å². The molecule has 25 heavy (non-hydrogen) atoms. The zero-order valence-corrected chi connectivity index (χ0v) is 14.7. The molecule has 0 aliphatic carbocycles. The molecule has 1 aromatic carbocycles. The number of aliphatic imine (C=N–C) groups is 2. The van der Waals surface area contributed by atoms with Crippen LogP contribution in [0.1, 0.15) is 26.3 Å². The molecule has 0 saturated heterocycles. The van der Waals surface area contributed by atoms with E-state index in [4.69, 9.17) is 21.9 Å². The highest BCUT2D eigenvalue weighted by Crippen LogP contribution is 2.26. The van der Waals surface area contributed by atoms with Gasteiger partial charge in [0.25, 0.3) is 0 Å².